The van der Waals surface area contributed by atoms with Crippen LogP contribution in [0.3, 0.4) is 0 Å². The Morgan fingerprint density at radius 1 is 0.939 bits per heavy atom. The standard InChI is InChI=1S/C26H31N3O4/c1-14-9-15(2)23(16(3)10-14)27-21-13-19-22-18(11-17(4)29(19)26(30)28(21)5)12-20(31-6)24(32-7)25(22)33-8/h9-10,12-13,17H,11H2,1-8H3/b27-21-. The van der Waals surface area contributed by atoms with Gasteiger partial charge in [0.1, 0.15) is 5.49 Å². The van der Waals surface area contributed by atoms with Gasteiger partial charge in [-0.1, -0.05) is 17.7 Å². The van der Waals surface area contributed by atoms with Gasteiger partial charge < -0.3 is 14.2 Å². The molecule has 7 heteroatoms. The van der Waals surface area contributed by atoms with Crippen LogP contribution < -0.4 is 25.4 Å². The van der Waals surface area contributed by atoms with Crippen molar-refractivity contribution in [2.24, 2.45) is 12.0 Å². The summed E-state index contributed by atoms with van der Waals surface area (Å²) in [7, 11) is 6.56. The number of hydrogen-bond acceptors (Lipinski definition) is 5. The summed E-state index contributed by atoms with van der Waals surface area (Å²) in [5.41, 5.74) is 7.30. The Labute approximate surface area is 193 Å². The lowest BCUT2D eigenvalue weighted by molar-refractivity contribution is 0.323. The van der Waals surface area contributed by atoms with E-state index in [9.17, 15) is 4.79 Å². The Bertz CT molecular complexity index is 1360. The number of rotatable bonds is 4. The first-order valence-corrected chi connectivity index (χ1v) is 11.0. The van der Waals surface area contributed by atoms with Crippen LogP contribution in [0.25, 0.3) is 11.3 Å². The minimum absolute atomic E-state index is 0.0362. The maximum atomic E-state index is 13.5. The van der Waals surface area contributed by atoms with E-state index in [1.807, 2.05) is 37.5 Å². The molecular weight excluding hydrogens is 418 g/mol. The maximum absolute atomic E-state index is 13.5. The number of nitrogens with zero attached hydrogens (tertiary/aromatic N) is 3. The van der Waals surface area contributed by atoms with Crippen LogP contribution in [-0.4, -0.2) is 30.5 Å². The highest BCUT2D eigenvalue weighted by atomic mass is 16.5. The highest BCUT2D eigenvalue weighted by Gasteiger charge is 2.30. The minimum atomic E-state index is -0.122. The Hall–Kier alpha value is -3.48. The Balaban J connectivity index is 2.10. The zero-order chi connectivity index (χ0) is 24.0. The summed E-state index contributed by atoms with van der Waals surface area (Å²) in [6.45, 7) is 8.20. The fourth-order valence-corrected chi connectivity index (χ4v) is 4.90. The molecule has 0 fully saturated rings. The molecule has 0 saturated carbocycles. The van der Waals surface area contributed by atoms with E-state index >= 15 is 0 Å². The van der Waals surface area contributed by atoms with Gasteiger partial charge in [-0.2, -0.15) is 0 Å². The number of methoxy groups -OCH3 is 3. The van der Waals surface area contributed by atoms with Crippen LogP contribution in [0.2, 0.25) is 0 Å². The van der Waals surface area contributed by atoms with Gasteiger partial charge in [0.2, 0.25) is 5.75 Å². The smallest absolute Gasteiger partial charge is 0.330 e. The average molecular weight is 450 g/mol. The quantitative estimate of drug-likeness (QED) is 0.600. The van der Waals surface area contributed by atoms with Crippen molar-refractivity contribution in [3.8, 4) is 28.5 Å². The molecule has 3 aromatic rings. The fourth-order valence-electron chi connectivity index (χ4n) is 4.90. The van der Waals surface area contributed by atoms with Crippen LogP contribution >= 0.6 is 0 Å². The summed E-state index contributed by atoms with van der Waals surface area (Å²) < 4.78 is 20.4. The molecule has 0 bridgehead atoms. The molecule has 174 valence electrons. The molecule has 33 heavy (non-hydrogen) atoms. The monoisotopic (exact) mass is 449 g/mol. The first-order chi connectivity index (χ1) is 15.7. The maximum Gasteiger partial charge on any atom is 0.330 e. The minimum Gasteiger partial charge on any atom is -0.493 e. The van der Waals surface area contributed by atoms with Crippen LogP contribution in [0.15, 0.2) is 34.1 Å². The van der Waals surface area contributed by atoms with Crippen molar-refractivity contribution in [1.29, 1.82) is 0 Å². The van der Waals surface area contributed by atoms with Crippen molar-refractivity contribution in [2.45, 2.75) is 40.2 Å². The summed E-state index contributed by atoms with van der Waals surface area (Å²) in [5, 5.41) is 0. The zero-order valence-electron chi connectivity index (χ0n) is 20.6. The molecule has 7 nitrogen and oxygen atoms in total. The fraction of sp³-hybridized carbons (Fsp3) is 0.385. The summed E-state index contributed by atoms with van der Waals surface area (Å²) in [4.78, 5) is 18.4. The van der Waals surface area contributed by atoms with Crippen LogP contribution in [0.5, 0.6) is 17.2 Å². The summed E-state index contributed by atoms with van der Waals surface area (Å²) in [5.74, 6) is 1.66. The van der Waals surface area contributed by atoms with Crippen molar-refractivity contribution in [2.75, 3.05) is 21.3 Å². The average Bonchev–Trinajstić information content (AvgIpc) is 2.77. The largest absolute Gasteiger partial charge is 0.493 e. The van der Waals surface area contributed by atoms with Crippen molar-refractivity contribution < 1.29 is 14.2 Å². The van der Waals surface area contributed by atoms with E-state index in [2.05, 4.69) is 19.1 Å². The lowest BCUT2D eigenvalue weighted by Crippen LogP contribution is -2.41. The third-order valence-corrected chi connectivity index (χ3v) is 6.35. The normalized spacial score (nSPS) is 15.2. The second-order valence-corrected chi connectivity index (χ2v) is 8.69. The van der Waals surface area contributed by atoms with E-state index < -0.39 is 0 Å². The van der Waals surface area contributed by atoms with E-state index in [-0.39, 0.29) is 11.7 Å². The van der Waals surface area contributed by atoms with Gasteiger partial charge in [-0.25, -0.2) is 9.79 Å². The van der Waals surface area contributed by atoms with Gasteiger partial charge in [-0.05, 0) is 56.9 Å². The van der Waals surface area contributed by atoms with Gasteiger partial charge in [0.05, 0.1) is 32.7 Å². The number of benzene rings is 2. The molecule has 1 aromatic heterocycles. The molecular formula is C26H31N3O4. The third-order valence-electron chi connectivity index (χ3n) is 6.35. The second kappa shape index (κ2) is 8.46. The van der Waals surface area contributed by atoms with E-state index in [0.717, 1.165) is 33.6 Å². The molecule has 1 aliphatic heterocycles. The SMILES string of the molecule is COc1cc2c(c(OC)c1OC)-c1c/c(=N/c3c(C)cc(C)cc3C)n(C)c(=O)n1C(C)C2. The summed E-state index contributed by atoms with van der Waals surface area (Å²) in [6.07, 6.45) is 0.672. The third kappa shape index (κ3) is 3.61. The highest BCUT2D eigenvalue weighted by molar-refractivity contribution is 5.79. The zero-order valence-corrected chi connectivity index (χ0v) is 20.6. The topological polar surface area (TPSA) is 67.0 Å². The predicted octanol–water partition coefficient (Wildman–Crippen LogP) is 4.15. The highest BCUT2D eigenvalue weighted by Crippen LogP contribution is 2.49. The number of aromatic nitrogens is 2. The number of aryl methyl sites for hydroxylation is 3. The molecule has 0 aliphatic carbocycles. The van der Waals surface area contributed by atoms with Gasteiger partial charge in [0.25, 0.3) is 0 Å². The summed E-state index contributed by atoms with van der Waals surface area (Å²) in [6, 6.07) is 8.11. The van der Waals surface area contributed by atoms with E-state index in [4.69, 9.17) is 19.2 Å². The first-order valence-electron chi connectivity index (χ1n) is 11.0. The van der Waals surface area contributed by atoms with Gasteiger partial charge in [0.15, 0.2) is 11.5 Å². The van der Waals surface area contributed by atoms with Gasteiger partial charge in [-0.15, -0.1) is 0 Å². The second-order valence-electron chi connectivity index (χ2n) is 8.69. The molecule has 1 aliphatic rings. The van der Waals surface area contributed by atoms with Crippen molar-refractivity contribution in [1.82, 2.24) is 9.13 Å². The van der Waals surface area contributed by atoms with E-state index in [1.54, 1.807) is 32.9 Å². The summed E-state index contributed by atoms with van der Waals surface area (Å²) >= 11 is 0. The van der Waals surface area contributed by atoms with E-state index in [1.165, 1.54) is 5.56 Å². The molecule has 4 rings (SSSR count). The predicted molar refractivity (Wildman–Crippen MR) is 129 cm³/mol. The van der Waals surface area contributed by atoms with Gasteiger partial charge in [-0.3, -0.25) is 9.13 Å². The molecule has 0 spiro atoms. The molecule has 0 N–H and O–H groups in total. The molecule has 1 atom stereocenters. The molecule has 2 aromatic carbocycles. The molecule has 0 radical (unpaired) electrons. The number of fused-ring (bicyclic) bond motifs is 3. The molecule has 0 amide bonds. The Morgan fingerprint density at radius 2 is 1.58 bits per heavy atom. The number of ether oxygens (including phenoxy) is 3. The Kier molecular flexibility index (Phi) is 5.82. The van der Waals surface area contributed by atoms with Crippen molar-refractivity contribution >= 4 is 5.69 Å². The van der Waals surface area contributed by atoms with Crippen LogP contribution in [-0.2, 0) is 13.5 Å². The Morgan fingerprint density at radius 3 is 2.15 bits per heavy atom. The molecule has 1 unspecified atom stereocenters. The lowest BCUT2D eigenvalue weighted by Gasteiger charge is -2.30. The number of hydrogen-bond donors (Lipinski definition) is 0. The first kappa shape index (κ1) is 22.7. The van der Waals surface area contributed by atoms with Crippen LogP contribution in [0.4, 0.5) is 5.69 Å². The molecule has 2 heterocycles. The van der Waals surface area contributed by atoms with Crippen molar-refractivity contribution in [3.63, 3.8) is 0 Å². The van der Waals surface area contributed by atoms with E-state index in [0.29, 0.717) is 29.2 Å². The van der Waals surface area contributed by atoms with Gasteiger partial charge in [0, 0.05) is 24.7 Å². The molecule has 0 saturated heterocycles. The van der Waals surface area contributed by atoms with Crippen molar-refractivity contribution in [3.05, 3.63) is 62.5 Å². The van der Waals surface area contributed by atoms with Crippen LogP contribution in [0, 0.1) is 20.8 Å². The van der Waals surface area contributed by atoms with Gasteiger partial charge >= 0.3 is 5.69 Å². The van der Waals surface area contributed by atoms with Crippen LogP contribution in [0.1, 0.15) is 35.2 Å². The lowest BCUT2D eigenvalue weighted by atomic mass is 9.92.